The predicted molar refractivity (Wildman–Crippen MR) is 93.1 cm³/mol. The molecule has 0 aromatic heterocycles. The maximum atomic E-state index is 10.7. The molecule has 2 fully saturated rings. The Morgan fingerprint density at radius 3 is 2.83 bits per heavy atom. The second-order valence-electron chi connectivity index (χ2n) is 7.58. The van der Waals surface area contributed by atoms with E-state index in [9.17, 15) is 15.3 Å². The molecule has 2 aliphatic rings. The monoisotopic (exact) mass is 323 g/mol. The molecule has 3 N–H and O–H groups in total. The van der Waals surface area contributed by atoms with Gasteiger partial charge in [0.15, 0.2) is 0 Å². The van der Waals surface area contributed by atoms with Crippen LogP contribution in [0.1, 0.15) is 53.4 Å². The van der Waals surface area contributed by atoms with Gasteiger partial charge in [0, 0.05) is 12.6 Å². The molecular formula is C19H33NO3. The number of rotatable bonds is 5. The molecule has 2 saturated heterocycles. The molecule has 0 bridgehead atoms. The molecule has 0 amide bonds. The van der Waals surface area contributed by atoms with Gasteiger partial charge in [0.25, 0.3) is 0 Å². The van der Waals surface area contributed by atoms with Gasteiger partial charge in [-0.25, -0.2) is 0 Å². The van der Waals surface area contributed by atoms with Crippen LogP contribution in [0.4, 0.5) is 0 Å². The van der Waals surface area contributed by atoms with E-state index < -0.39 is 11.7 Å². The summed E-state index contributed by atoms with van der Waals surface area (Å²) in [5, 5.41) is 31.1. The Hall–Kier alpha value is -0.680. The number of nitrogens with zero attached hydrogens (tertiary/aromatic N) is 1. The van der Waals surface area contributed by atoms with Gasteiger partial charge in [-0.3, -0.25) is 4.90 Å². The minimum Gasteiger partial charge on any atom is -0.389 e. The lowest BCUT2D eigenvalue weighted by Gasteiger charge is -2.46. The average Bonchev–Trinajstić information content (AvgIpc) is 2.98. The lowest BCUT2D eigenvalue weighted by molar-refractivity contribution is -0.110. The molecule has 23 heavy (non-hydrogen) atoms. The van der Waals surface area contributed by atoms with Crippen molar-refractivity contribution < 1.29 is 15.3 Å². The highest BCUT2D eigenvalue weighted by molar-refractivity contribution is 5.24. The number of aliphatic hydroxyl groups is 3. The van der Waals surface area contributed by atoms with E-state index >= 15 is 0 Å². The Morgan fingerprint density at radius 2 is 2.17 bits per heavy atom. The Bertz CT molecular complexity index is 469. The van der Waals surface area contributed by atoms with E-state index in [1.54, 1.807) is 6.92 Å². The van der Waals surface area contributed by atoms with Crippen molar-refractivity contribution in [3.8, 4) is 0 Å². The van der Waals surface area contributed by atoms with Crippen molar-refractivity contribution >= 4 is 0 Å². The molecule has 0 unspecified atom stereocenters. The van der Waals surface area contributed by atoms with Crippen molar-refractivity contribution in [3.63, 3.8) is 0 Å². The average molecular weight is 323 g/mol. The van der Waals surface area contributed by atoms with Gasteiger partial charge in [-0.05, 0) is 63.1 Å². The summed E-state index contributed by atoms with van der Waals surface area (Å²) in [5.41, 5.74) is 0.876. The minimum absolute atomic E-state index is 0.0757. The minimum atomic E-state index is -1.07. The molecule has 0 radical (unpaired) electrons. The molecule has 5 atom stereocenters. The zero-order chi connectivity index (χ0) is 17.2. The molecule has 0 aliphatic carbocycles. The van der Waals surface area contributed by atoms with Gasteiger partial charge in [-0.15, -0.1) is 0 Å². The summed E-state index contributed by atoms with van der Waals surface area (Å²) in [5.74, 6) is 0.272. The summed E-state index contributed by atoms with van der Waals surface area (Å²) in [6, 6.07) is 0.0757. The van der Waals surface area contributed by atoms with E-state index in [2.05, 4.69) is 24.0 Å². The van der Waals surface area contributed by atoms with E-state index in [-0.39, 0.29) is 18.1 Å². The van der Waals surface area contributed by atoms with Gasteiger partial charge >= 0.3 is 0 Å². The quantitative estimate of drug-likeness (QED) is 0.679. The van der Waals surface area contributed by atoms with Crippen LogP contribution in [-0.2, 0) is 0 Å². The smallest absolute Gasteiger partial charge is 0.107 e. The molecule has 2 aliphatic heterocycles. The first-order valence-corrected chi connectivity index (χ1v) is 8.97. The zero-order valence-corrected chi connectivity index (χ0v) is 15.0. The van der Waals surface area contributed by atoms with Gasteiger partial charge in [-0.2, -0.15) is 0 Å². The summed E-state index contributed by atoms with van der Waals surface area (Å²) in [4.78, 5) is 2.30. The molecule has 0 aromatic carbocycles. The van der Waals surface area contributed by atoms with Gasteiger partial charge in [0.05, 0.1) is 6.10 Å². The van der Waals surface area contributed by atoms with Gasteiger partial charge in [-0.1, -0.05) is 26.0 Å². The predicted octanol–water partition coefficient (Wildman–Crippen LogP) is 2.25. The highest BCUT2D eigenvalue weighted by atomic mass is 16.3. The normalized spacial score (nSPS) is 37.0. The largest absolute Gasteiger partial charge is 0.389 e. The van der Waals surface area contributed by atoms with E-state index in [1.165, 1.54) is 0 Å². The fourth-order valence-electron chi connectivity index (χ4n) is 3.96. The first-order valence-electron chi connectivity index (χ1n) is 8.97. The number of allylic oxidation sites excluding steroid dienone is 2. The van der Waals surface area contributed by atoms with Gasteiger partial charge in [0.1, 0.15) is 11.7 Å². The lowest BCUT2D eigenvalue weighted by Crippen LogP contribution is -2.61. The third kappa shape index (κ3) is 4.05. The Kier molecular flexibility index (Phi) is 6.06. The molecule has 132 valence electrons. The van der Waals surface area contributed by atoms with Crippen molar-refractivity contribution in [2.24, 2.45) is 5.92 Å². The first kappa shape index (κ1) is 18.7. The van der Waals surface area contributed by atoms with Crippen molar-refractivity contribution in [1.29, 1.82) is 0 Å². The molecule has 0 saturated carbocycles. The van der Waals surface area contributed by atoms with E-state index in [0.29, 0.717) is 0 Å². The van der Waals surface area contributed by atoms with Gasteiger partial charge in [0.2, 0.25) is 0 Å². The Balaban J connectivity index is 2.06. The van der Waals surface area contributed by atoms with Crippen molar-refractivity contribution in [2.75, 3.05) is 13.1 Å². The van der Waals surface area contributed by atoms with Crippen molar-refractivity contribution in [1.82, 2.24) is 4.90 Å². The molecule has 4 nitrogen and oxygen atoms in total. The summed E-state index contributed by atoms with van der Waals surface area (Å²) < 4.78 is 0. The number of fused-ring (bicyclic) bond motifs is 1. The molecule has 4 heteroatoms. The van der Waals surface area contributed by atoms with Crippen LogP contribution < -0.4 is 0 Å². The van der Waals surface area contributed by atoms with E-state index in [0.717, 1.165) is 49.9 Å². The first-order chi connectivity index (χ1) is 10.8. The van der Waals surface area contributed by atoms with Crippen LogP contribution in [0, 0.1) is 5.92 Å². The van der Waals surface area contributed by atoms with Crippen LogP contribution in [-0.4, -0.2) is 57.2 Å². The topological polar surface area (TPSA) is 63.9 Å². The highest BCUT2D eigenvalue weighted by Crippen LogP contribution is 2.37. The number of piperidine rings is 1. The van der Waals surface area contributed by atoms with E-state index in [1.807, 2.05) is 13.8 Å². The maximum Gasteiger partial charge on any atom is 0.107 e. The molecule has 0 spiro atoms. The SMILES string of the molecule is CC[C@@H](O)/C(C)=C/C[C@@H](C)/C=C1\CN2CCC[C@H]2[C@@](C)(O)[C@@H]1O. The van der Waals surface area contributed by atoms with Crippen LogP contribution in [0.15, 0.2) is 23.3 Å². The number of hydrogen-bond acceptors (Lipinski definition) is 4. The maximum absolute atomic E-state index is 10.7. The summed E-state index contributed by atoms with van der Waals surface area (Å²) >= 11 is 0. The number of aliphatic hydroxyl groups excluding tert-OH is 2. The van der Waals surface area contributed by atoms with Crippen molar-refractivity contribution in [2.45, 2.75) is 77.2 Å². The summed E-state index contributed by atoms with van der Waals surface area (Å²) in [7, 11) is 0. The molecule has 2 heterocycles. The number of hydrogen-bond donors (Lipinski definition) is 3. The van der Waals surface area contributed by atoms with Crippen LogP contribution >= 0.6 is 0 Å². The zero-order valence-electron chi connectivity index (χ0n) is 15.0. The van der Waals surface area contributed by atoms with Crippen LogP contribution in [0.3, 0.4) is 0 Å². The lowest BCUT2D eigenvalue weighted by atomic mass is 9.80. The van der Waals surface area contributed by atoms with Crippen LogP contribution in [0.2, 0.25) is 0 Å². The fourth-order valence-corrected chi connectivity index (χ4v) is 3.96. The highest BCUT2D eigenvalue weighted by Gasteiger charge is 2.49. The standard InChI is InChI=1S/C19H33NO3/c1-5-16(21)14(3)9-8-13(2)11-15-12-20-10-6-7-17(20)19(4,23)18(15)22/h9,11,13,16-18,21-23H,5-8,10,12H2,1-4H3/b14-9+,15-11+/t13-,16-,17+,18-,19-/m1/s1. The van der Waals surface area contributed by atoms with Crippen molar-refractivity contribution in [3.05, 3.63) is 23.3 Å². The van der Waals surface area contributed by atoms with E-state index in [4.69, 9.17) is 0 Å². The third-order valence-corrected chi connectivity index (χ3v) is 5.55. The third-order valence-electron chi connectivity index (χ3n) is 5.55. The Labute approximate surface area is 140 Å². The van der Waals surface area contributed by atoms with Crippen LogP contribution in [0.25, 0.3) is 0 Å². The summed E-state index contributed by atoms with van der Waals surface area (Å²) in [6.45, 7) is 9.57. The second-order valence-corrected chi connectivity index (χ2v) is 7.58. The van der Waals surface area contributed by atoms with Gasteiger partial charge < -0.3 is 15.3 Å². The molecular weight excluding hydrogens is 290 g/mol. The second kappa shape index (κ2) is 7.47. The van der Waals surface area contributed by atoms with Crippen LogP contribution in [0.5, 0.6) is 0 Å². The molecule has 2 rings (SSSR count). The molecule has 0 aromatic rings. The fraction of sp³-hybridized carbons (Fsp3) is 0.789. The summed E-state index contributed by atoms with van der Waals surface area (Å²) in [6.07, 6.45) is 6.67. The Morgan fingerprint density at radius 1 is 1.48 bits per heavy atom.